The molecule has 1 unspecified atom stereocenters. The maximum absolute atomic E-state index is 11.8. The van der Waals surface area contributed by atoms with Crippen molar-refractivity contribution in [2.45, 2.75) is 18.9 Å². The van der Waals surface area contributed by atoms with Crippen LogP contribution in [0.4, 0.5) is 5.82 Å². The van der Waals surface area contributed by atoms with Gasteiger partial charge in [0.15, 0.2) is 5.82 Å². The van der Waals surface area contributed by atoms with Crippen LogP contribution in [-0.4, -0.2) is 22.8 Å². The molecule has 0 radical (unpaired) electrons. The fraction of sp³-hybridized carbons (Fsp3) is 0.273. The molecule has 86 valence electrons. The fourth-order valence-corrected chi connectivity index (χ4v) is 1.61. The molecule has 17 heavy (non-hydrogen) atoms. The number of nitrogens with zero attached hydrogens (tertiary/aromatic N) is 2. The summed E-state index contributed by atoms with van der Waals surface area (Å²) in [5, 5.41) is 13.9. The SMILES string of the molecule is N#Cc1cccnc1NC(=O)C1CCC(=O)N1. The minimum Gasteiger partial charge on any atom is -0.344 e. The van der Waals surface area contributed by atoms with Crippen LogP contribution >= 0.6 is 0 Å². The number of nitrogens with one attached hydrogen (secondary N) is 2. The van der Waals surface area contributed by atoms with Crippen molar-refractivity contribution in [2.75, 3.05) is 5.32 Å². The Labute approximate surface area is 97.7 Å². The van der Waals surface area contributed by atoms with E-state index in [0.29, 0.717) is 18.4 Å². The van der Waals surface area contributed by atoms with Crippen LogP contribution in [0.25, 0.3) is 0 Å². The Morgan fingerprint density at radius 2 is 2.47 bits per heavy atom. The number of aromatic nitrogens is 1. The molecular formula is C11H10N4O2. The van der Waals surface area contributed by atoms with Crippen molar-refractivity contribution in [3.05, 3.63) is 23.9 Å². The number of anilines is 1. The summed E-state index contributed by atoms with van der Waals surface area (Å²) in [4.78, 5) is 26.6. The van der Waals surface area contributed by atoms with E-state index in [4.69, 9.17) is 5.26 Å². The predicted octanol–water partition coefficient (Wildman–Crippen LogP) is 0.170. The molecule has 6 nitrogen and oxygen atoms in total. The largest absolute Gasteiger partial charge is 0.344 e. The molecule has 2 heterocycles. The van der Waals surface area contributed by atoms with Gasteiger partial charge in [0.25, 0.3) is 0 Å². The van der Waals surface area contributed by atoms with Gasteiger partial charge >= 0.3 is 0 Å². The molecule has 2 N–H and O–H groups in total. The Bertz CT molecular complexity index is 506. The second kappa shape index (κ2) is 4.61. The summed E-state index contributed by atoms with van der Waals surface area (Å²) in [5.74, 6) is -0.251. The summed E-state index contributed by atoms with van der Waals surface area (Å²) in [6.07, 6.45) is 2.31. The van der Waals surface area contributed by atoms with Gasteiger partial charge in [-0.2, -0.15) is 5.26 Å². The van der Waals surface area contributed by atoms with Crippen LogP contribution < -0.4 is 10.6 Å². The van der Waals surface area contributed by atoms with Crippen LogP contribution in [0.2, 0.25) is 0 Å². The van der Waals surface area contributed by atoms with Gasteiger partial charge in [0, 0.05) is 12.6 Å². The smallest absolute Gasteiger partial charge is 0.248 e. The third-order valence-electron chi connectivity index (χ3n) is 2.48. The molecule has 1 atom stereocenters. The van der Waals surface area contributed by atoms with Crippen LogP contribution in [0, 0.1) is 11.3 Å². The quantitative estimate of drug-likeness (QED) is 0.757. The van der Waals surface area contributed by atoms with Crippen LogP contribution in [0.3, 0.4) is 0 Å². The topological polar surface area (TPSA) is 94.9 Å². The Morgan fingerprint density at radius 3 is 3.12 bits per heavy atom. The first-order valence-electron chi connectivity index (χ1n) is 5.16. The number of carbonyl (C=O) groups is 2. The van der Waals surface area contributed by atoms with Crippen molar-refractivity contribution in [3.8, 4) is 6.07 Å². The van der Waals surface area contributed by atoms with Crippen molar-refractivity contribution in [2.24, 2.45) is 0 Å². The summed E-state index contributed by atoms with van der Waals surface area (Å²) >= 11 is 0. The fourth-order valence-electron chi connectivity index (χ4n) is 1.61. The molecule has 6 heteroatoms. The number of hydrogen-bond donors (Lipinski definition) is 2. The number of hydrogen-bond acceptors (Lipinski definition) is 4. The van der Waals surface area contributed by atoms with Crippen LogP contribution in [0.15, 0.2) is 18.3 Å². The highest BCUT2D eigenvalue weighted by Gasteiger charge is 2.27. The summed E-state index contributed by atoms with van der Waals surface area (Å²) in [6, 6.07) is 4.59. The lowest BCUT2D eigenvalue weighted by Crippen LogP contribution is -2.37. The monoisotopic (exact) mass is 230 g/mol. The van der Waals surface area contributed by atoms with E-state index in [2.05, 4.69) is 15.6 Å². The highest BCUT2D eigenvalue weighted by molar-refractivity contribution is 5.99. The third-order valence-corrected chi connectivity index (χ3v) is 2.48. The lowest BCUT2D eigenvalue weighted by molar-refractivity contribution is -0.122. The van der Waals surface area contributed by atoms with E-state index in [9.17, 15) is 9.59 Å². The lowest BCUT2D eigenvalue weighted by Gasteiger charge is -2.10. The van der Waals surface area contributed by atoms with Gasteiger partial charge in [0.1, 0.15) is 12.1 Å². The summed E-state index contributed by atoms with van der Waals surface area (Å²) in [7, 11) is 0. The summed E-state index contributed by atoms with van der Waals surface area (Å²) in [5.41, 5.74) is 0.296. The minimum atomic E-state index is -0.531. The van der Waals surface area contributed by atoms with E-state index in [0.717, 1.165) is 0 Å². The van der Waals surface area contributed by atoms with Crippen molar-refractivity contribution < 1.29 is 9.59 Å². The Morgan fingerprint density at radius 1 is 1.65 bits per heavy atom. The average Bonchev–Trinajstić information content (AvgIpc) is 2.77. The zero-order valence-electron chi connectivity index (χ0n) is 8.93. The van der Waals surface area contributed by atoms with E-state index < -0.39 is 6.04 Å². The first-order chi connectivity index (χ1) is 8.20. The Hall–Kier alpha value is -2.42. The van der Waals surface area contributed by atoms with E-state index in [-0.39, 0.29) is 17.6 Å². The molecule has 1 saturated heterocycles. The molecule has 2 rings (SSSR count). The third kappa shape index (κ3) is 2.39. The standard InChI is InChI=1S/C11H10N4O2/c12-6-7-2-1-5-13-10(7)15-11(17)8-3-4-9(16)14-8/h1-2,5,8H,3-4H2,(H,14,16)(H,13,15,17). The second-order valence-electron chi connectivity index (χ2n) is 3.66. The van der Waals surface area contributed by atoms with Gasteiger partial charge in [-0.1, -0.05) is 0 Å². The van der Waals surface area contributed by atoms with Gasteiger partial charge in [-0.3, -0.25) is 9.59 Å². The normalized spacial score (nSPS) is 18.3. The zero-order valence-corrected chi connectivity index (χ0v) is 8.93. The van der Waals surface area contributed by atoms with Crippen molar-refractivity contribution in [1.82, 2.24) is 10.3 Å². The minimum absolute atomic E-state index is 0.133. The molecule has 0 saturated carbocycles. The second-order valence-corrected chi connectivity index (χ2v) is 3.66. The summed E-state index contributed by atoms with van der Waals surface area (Å²) < 4.78 is 0. The van der Waals surface area contributed by atoms with Crippen molar-refractivity contribution in [3.63, 3.8) is 0 Å². The molecule has 1 fully saturated rings. The maximum atomic E-state index is 11.8. The molecule has 0 aromatic carbocycles. The van der Waals surface area contributed by atoms with Crippen LogP contribution in [0.5, 0.6) is 0 Å². The Kier molecular flexibility index (Phi) is 3.01. The molecular weight excluding hydrogens is 220 g/mol. The number of amides is 2. The molecule has 1 aliphatic heterocycles. The van der Waals surface area contributed by atoms with E-state index >= 15 is 0 Å². The molecule has 1 aliphatic rings. The average molecular weight is 230 g/mol. The van der Waals surface area contributed by atoms with Gasteiger partial charge in [-0.05, 0) is 18.6 Å². The van der Waals surface area contributed by atoms with E-state index in [1.807, 2.05) is 6.07 Å². The predicted molar refractivity (Wildman–Crippen MR) is 58.7 cm³/mol. The number of nitriles is 1. The number of pyridine rings is 1. The molecule has 0 bridgehead atoms. The van der Waals surface area contributed by atoms with Gasteiger partial charge < -0.3 is 10.6 Å². The maximum Gasteiger partial charge on any atom is 0.248 e. The summed E-state index contributed by atoms with van der Waals surface area (Å²) in [6.45, 7) is 0. The lowest BCUT2D eigenvalue weighted by atomic mass is 10.2. The molecule has 0 aliphatic carbocycles. The first kappa shape index (κ1) is 11.1. The van der Waals surface area contributed by atoms with Crippen LogP contribution in [-0.2, 0) is 9.59 Å². The highest BCUT2D eigenvalue weighted by atomic mass is 16.2. The molecule has 1 aromatic heterocycles. The van der Waals surface area contributed by atoms with Crippen molar-refractivity contribution >= 4 is 17.6 Å². The van der Waals surface area contributed by atoms with E-state index in [1.54, 1.807) is 12.1 Å². The molecule has 1 aromatic rings. The van der Waals surface area contributed by atoms with E-state index in [1.165, 1.54) is 6.20 Å². The van der Waals surface area contributed by atoms with Gasteiger partial charge in [0.05, 0.1) is 5.56 Å². The van der Waals surface area contributed by atoms with Crippen LogP contribution in [0.1, 0.15) is 18.4 Å². The van der Waals surface area contributed by atoms with Gasteiger partial charge in [-0.25, -0.2) is 4.98 Å². The van der Waals surface area contributed by atoms with Crippen molar-refractivity contribution in [1.29, 1.82) is 5.26 Å². The number of rotatable bonds is 2. The zero-order chi connectivity index (χ0) is 12.3. The highest BCUT2D eigenvalue weighted by Crippen LogP contribution is 2.13. The molecule has 0 spiro atoms. The molecule has 2 amide bonds. The number of carbonyl (C=O) groups excluding carboxylic acids is 2. The van der Waals surface area contributed by atoms with Gasteiger partial charge in [-0.15, -0.1) is 0 Å². The Balaban J connectivity index is 2.08. The van der Waals surface area contributed by atoms with Gasteiger partial charge in [0.2, 0.25) is 11.8 Å². The first-order valence-corrected chi connectivity index (χ1v) is 5.16.